The van der Waals surface area contributed by atoms with Crippen molar-refractivity contribution in [1.29, 1.82) is 0 Å². The van der Waals surface area contributed by atoms with Crippen LogP contribution in [0.15, 0.2) is 60.8 Å². The molecule has 0 fully saturated rings. The van der Waals surface area contributed by atoms with E-state index < -0.39 is 0 Å². The smallest absolute Gasteiger partial charge is 0.255 e. The summed E-state index contributed by atoms with van der Waals surface area (Å²) >= 11 is 6.31. The molecule has 0 saturated carbocycles. The highest BCUT2D eigenvalue weighted by Crippen LogP contribution is 2.29. The Morgan fingerprint density at radius 1 is 1.11 bits per heavy atom. The number of nitrogens with one attached hydrogen (secondary N) is 1. The van der Waals surface area contributed by atoms with E-state index >= 15 is 0 Å². The summed E-state index contributed by atoms with van der Waals surface area (Å²) in [4.78, 5) is 19.2. The van der Waals surface area contributed by atoms with E-state index in [0.29, 0.717) is 16.3 Å². The normalized spacial score (nSPS) is 10.5. The van der Waals surface area contributed by atoms with E-state index in [0.717, 1.165) is 23.4 Å². The van der Waals surface area contributed by atoms with Crippen LogP contribution in [0.3, 0.4) is 0 Å². The summed E-state index contributed by atoms with van der Waals surface area (Å²) in [6.07, 6.45) is 1.72. The lowest BCUT2D eigenvalue weighted by atomic mass is 10.0. The van der Waals surface area contributed by atoms with Crippen LogP contribution in [-0.4, -0.2) is 29.9 Å². The van der Waals surface area contributed by atoms with Crippen molar-refractivity contribution < 1.29 is 4.79 Å². The number of aromatic nitrogens is 1. The standard InChI is InChI=1S/C22H22ClN3O.ClH/c1-15-12-16(14-26(2)3)7-9-18(15)22(27)25-17-8-10-20(23)19(13-17)21-6-4-5-11-24-21;/h4-13H,14H2,1-3H3,(H,25,27);1H. The van der Waals surface area contributed by atoms with E-state index in [2.05, 4.69) is 21.3 Å². The molecule has 0 aliphatic heterocycles. The van der Waals surface area contributed by atoms with Crippen LogP contribution >= 0.6 is 24.0 Å². The molecule has 0 radical (unpaired) electrons. The molecule has 3 rings (SSSR count). The van der Waals surface area contributed by atoms with Crippen LogP contribution in [0.2, 0.25) is 5.02 Å². The lowest BCUT2D eigenvalue weighted by Gasteiger charge is -2.13. The van der Waals surface area contributed by atoms with Crippen LogP contribution in [0.5, 0.6) is 0 Å². The van der Waals surface area contributed by atoms with Gasteiger partial charge in [-0.05, 0) is 68.5 Å². The van der Waals surface area contributed by atoms with Crippen LogP contribution in [0, 0.1) is 6.92 Å². The number of nitrogens with zero attached hydrogens (tertiary/aromatic N) is 2. The first-order chi connectivity index (χ1) is 12.9. The number of pyridine rings is 1. The molecule has 4 nitrogen and oxygen atoms in total. The molecule has 0 bridgehead atoms. The highest BCUT2D eigenvalue weighted by Gasteiger charge is 2.12. The largest absolute Gasteiger partial charge is 0.322 e. The van der Waals surface area contributed by atoms with Gasteiger partial charge < -0.3 is 10.2 Å². The fraction of sp³-hybridized carbons (Fsp3) is 0.182. The Hall–Kier alpha value is -2.40. The van der Waals surface area contributed by atoms with E-state index in [-0.39, 0.29) is 18.3 Å². The molecule has 0 atom stereocenters. The molecule has 0 aliphatic rings. The SMILES string of the molecule is Cc1cc(CN(C)C)ccc1C(=O)Nc1ccc(Cl)c(-c2ccccn2)c1.Cl. The number of amides is 1. The number of carbonyl (C=O) groups excluding carboxylic acids is 1. The minimum atomic E-state index is -0.141. The minimum Gasteiger partial charge on any atom is -0.322 e. The second kappa shape index (κ2) is 9.69. The highest BCUT2D eigenvalue weighted by molar-refractivity contribution is 6.33. The van der Waals surface area contributed by atoms with Gasteiger partial charge in [0.25, 0.3) is 5.91 Å². The van der Waals surface area contributed by atoms with Gasteiger partial charge in [-0.1, -0.05) is 29.8 Å². The van der Waals surface area contributed by atoms with E-state index in [1.54, 1.807) is 18.3 Å². The monoisotopic (exact) mass is 415 g/mol. The lowest BCUT2D eigenvalue weighted by molar-refractivity contribution is 0.102. The molecular formula is C22H23Cl2N3O. The molecule has 0 saturated heterocycles. The molecule has 1 heterocycles. The van der Waals surface area contributed by atoms with Gasteiger partial charge in [-0.2, -0.15) is 0 Å². The van der Waals surface area contributed by atoms with Crippen molar-refractivity contribution >= 4 is 35.6 Å². The molecule has 1 N–H and O–H groups in total. The second-order valence-electron chi connectivity index (χ2n) is 6.75. The first-order valence-corrected chi connectivity index (χ1v) is 9.08. The summed E-state index contributed by atoms with van der Waals surface area (Å²) in [6, 6.07) is 17.0. The van der Waals surface area contributed by atoms with Gasteiger partial charge in [0, 0.05) is 29.6 Å². The number of halogens is 2. The number of benzene rings is 2. The average molecular weight is 416 g/mol. The third-order valence-electron chi connectivity index (χ3n) is 4.20. The van der Waals surface area contributed by atoms with Crippen molar-refractivity contribution in [2.75, 3.05) is 19.4 Å². The molecular weight excluding hydrogens is 393 g/mol. The van der Waals surface area contributed by atoms with Crippen LogP contribution in [-0.2, 0) is 6.54 Å². The Morgan fingerprint density at radius 2 is 1.89 bits per heavy atom. The van der Waals surface area contributed by atoms with Gasteiger partial charge >= 0.3 is 0 Å². The Labute approximate surface area is 177 Å². The number of aryl methyl sites for hydroxylation is 1. The van der Waals surface area contributed by atoms with Crippen molar-refractivity contribution in [2.24, 2.45) is 0 Å². The summed E-state index contributed by atoms with van der Waals surface area (Å²) in [6.45, 7) is 2.79. The molecule has 146 valence electrons. The average Bonchev–Trinajstić information content (AvgIpc) is 2.63. The zero-order valence-electron chi connectivity index (χ0n) is 16.1. The molecule has 3 aromatic rings. The van der Waals surface area contributed by atoms with Crippen LogP contribution in [0.25, 0.3) is 11.3 Å². The zero-order chi connectivity index (χ0) is 19.4. The number of hydrogen-bond donors (Lipinski definition) is 1. The van der Waals surface area contributed by atoms with Gasteiger partial charge in [-0.25, -0.2) is 0 Å². The molecule has 6 heteroatoms. The van der Waals surface area contributed by atoms with Crippen molar-refractivity contribution in [3.63, 3.8) is 0 Å². The molecule has 1 aromatic heterocycles. The maximum Gasteiger partial charge on any atom is 0.255 e. The fourth-order valence-corrected chi connectivity index (χ4v) is 3.18. The Kier molecular flexibility index (Phi) is 7.58. The summed E-state index contributed by atoms with van der Waals surface area (Å²) in [5.41, 5.74) is 5.02. The minimum absolute atomic E-state index is 0. The molecule has 1 amide bonds. The number of hydrogen-bond acceptors (Lipinski definition) is 3. The van der Waals surface area contributed by atoms with E-state index in [1.807, 2.05) is 57.4 Å². The Morgan fingerprint density at radius 3 is 2.54 bits per heavy atom. The first-order valence-electron chi connectivity index (χ1n) is 8.70. The molecule has 2 aromatic carbocycles. The third-order valence-corrected chi connectivity index (χ3v) is 4.53. The summed E-state index contributed by atoms with van der Waals surface area (Å²) < 4.78 is 0. The quantitative estimate of drug-likeness (QED) is 0.602. The third kappa shape index (κ3) is 5.32. The fourth-order valence-electron chi connectivity index (χ4n) is 2.96. The van der Waals surface area contributed by atoms with Crippen molar-refractivity contribution in [3.8, 4) is 11.3 Å². The van der Waals surface area contributed by atoms with Crippen LogP contribution in [0.4, 0.5) is 5.69 Å². The predicted octanol–water partition coefficient (Wildman–Crippen LogP) is 5.45. The number of rotatable bonds is 5. The van der Waals surface area contributed by atoms with Gasteiger partial charge in [0.15, 0.2) is 0 Å². The van der Waals surface area contributed by atoms with Crippen molar-refractivity contribution in [3.05, 3.63) is 82.5 Å². The van der Waals surface area contributed by atoms with E-state index in [4.69, 9.17) is 11.6 Å². The maximum absolute atomic E-state index is 12.7. The van der Waals surface area contributed by atoms with Gasteiger partial charge in [-0.15, -0.1) is 12.4 Å². The molecule has 0 aliphatic carbocycles. The van der Waals surface area contributed by atoms with Crippen LogP contribution in [0.1, 0.15) is 21.5 Å². The van der Waals surface area contributed by atoms with E-state index in [1.165, 1.54) is 5.56 Å². The first kappa shape index (κ1) is 21.9. The molecule has 0 unspecified atom stereocenters. The molecule has 0 spiro atoms. The highest BCUT2D eigenvalue weighted by atomic mass is 35.5. The predicted molar refractivity (Wildman–Crippen MR) is 118 cm³/mol. The second-order valence-corrected chi connectivity index (χ2v) is 7.16. The van der Waals surface area contributed by atoms with E-state index in [9.17, 15) is 4.79 Å². The molecule has 28 heavy (non-hydrogen) atoms. The van der Waals surface area contributed by atoms with Gasteiger partial charge in [0.05, 0.1) is 10.7 Å². The Balaban J connectivity index is 0.00000280. The van der Waals surface area contributed by atoms with Crippen molar-refractivity contribution in [1.82, 2.24) is 9.88 Å². The van der Waals surface area contributed by atoms with Gasteiger partial charge in [0.1, 0.15) is 0 Å². The van der Waals surface area contributed by atoms with Gasteiger partial charge in [0.2, 0.25) is 0 Å². The summed E-state index contributed by atoms with van der Waals surface area (Å²) in [7, 11) is 4.05. The van der Waals surface area contributed by atoms with Crippen LogP contribution < -0.4 is 5.32 Å². The lowest BCUT2D eigenvalue weighted by Crippen LogP contribution is -2.15. The maximum atomic E-state index is 12.7. The van der Waals surface area contributed by atoms with Crippen molar-refractivity contribution in [2.45, 2.75) is 13.5 Å². The zero-order valence-corrected chi connectivity index (χ0v) is 17.6. The number of anilines is 1. The summed E-state index contributed by atoms with van der Waals surface area (Å²) in [5.74, 6) is -0.141. The van der Waals surface area contributed by atoms with Gasteiger partial charge in [-0.3, -0.25) is 9.78 Å². The summed E-state index contributed by atoms with van der Waals surface area (Å²) in [5, 5.41) is 3.55. The Bertz CT molecular complexity index is 959. The topological polar surface area (TPSA) is 45.2 Å². The number of carbonyl (C=O) groups is 1.